The van der Waals surface area contributed by atoms with Gasteiger partial charge in [0.2, 0.25) is 0 Å². The second-order valence-electron chi connectivity index (χ2n) is 0.408. The molecule has 5 nitrogen and oxygen atoms in total. The third-order valence-corrected chi connectivity index (χ3v) is 0. The summed E-state index contributed by atoms with van der Waals surface area (Å²) in [6, 6.07) is 0. The molecule has 8 heavy (non-hydrogen) atoms. The van der Waals surface area contributed by atoms with Gasteiger partial charge in [-0.25, -0.2) is 0 Å². The normalized spacial score (nSPS) is 8.00. The van der Waals surface area contributed by atoms with Crippen molar-refractivity contribution in [2.45, 2.75) is 0 Å². The van der Waals surface area contributed by atoms with Crippen molar-refractivity contribution in [1.82, 2.24) is 0 Å². The van der Waals surface area contributed by atoms with Gasteiger partial charge in [-0.15, -0.1) is 0 Å². The fourth-order valence-electron chi connectivity index (χ4n) is 0. The van der Waals surface area contributed by atoms with Gasteiger partial charge in [0, 0.05) is 10.4 Å². The summed E-state index contributed by atoms with van der Waals surface area (Å²) < 4.78 is 34.1. The molecule has 0 aliphatic carbocycles. The van der Waals surface area contributed by atoms with E-state index in [9.17, 15) is 0 Å². The van der Waals surface area contributed by atoms with Gasteiger partial charge in [-0.3, -0.25) is 8.42 Å². The molecule has 0 bridgehead atoms. The summed E-state index contributed by atoms with van der Waals surface area (Å²) in [6.07, 6.45) is 0. The maximum atomic E-state index is 8.52. The van der Waals surface area contributed by atoms with Crippen molar-refractivity contribution in [2.75, 3.05) is 0 Å². The molecule has 8 heteroatoms. The molecule has 0 saturated carbocycles. The van der Waals surface area contributed by atoms with Gasteiger partial charge < -0.3 is 14.0 Å². The van der Waals surface area contributed by atoms with Gasteiger partial charge in [-0.2, -0.15) is 0 Å². The van der Waals surface area contributed by atoms with Crippen LogP contribution in [0.25, 0.3) is 0 Å². The summed E-state index contributed by atoms with van der Waals surface area (Å²) in [5, 5.41) is 0. The van der Waals surface area contributed by atoms with E-state index >= 15 is 0 Å². The van der Waals surface area contributed by atoms with Crippen LogP contribution in [-0.4, -0.2) is 39.8 Å². The molecule has 0 aliphatic heterocycles. The van der Waals surface area contributed by atoms with Crippen molar-refractivity contribution in [2.24, 2.45) is 0 Å². The van der Waals surface area contributed by atoms with Crippen molar-refractivity contribution in [3.8, 4) is 0 Å². The zero-order valence-corrected chi connectivity index (χ0v) is 6.77. The quantitative estimate of drug-likeness (QED) is 0.198. The molecule has 0 fully saturated rings. The first-order valence-electron chi connectivity index (χ1n) is 0.925. The summed E-state index contributed by atoms with van der Waals surface area (Å²) in [5.41, 5.74) is 0. The zero-order chi connectivity index (χ0) is 6.50. The smallest absolute Gasteiger partial charge is 0.759 e. The Labute approximate surface area is 60.1 Å². The first-order chi connectivity index (χ1) is 3.00. The molecular formula is H3AlO5PS+. The van der Waals surface area contributed by atoms with Crippen molar-refractivity contribution >= 4 is 37.2 Å². The van der Waals surface area contributed by atoms with E-state index in [1.807, 2.05) is 0 Å². The monoisotopic (exact) mass is 173 g/mol. The van der Waals surface area contributed by atoms with Crippen LogP contribution in [-0.2, 0) is 10.4 Å². The molecular weight excluding hydrogens is 170 g/mol. The van der Waals surface area contributed by atoms with Gasteiger partial charge in [-0.05, 0) is 9.47 Å². The molecule has 0 aromatic carbocycles. The van der Waals surface area contributed by atoms with Crippen molar-refractivity contribution < 1.29 is 22.4 Å². The first kappa shape index (κ1) is 15.9. The molecule has 0 aliphatic rings. The Balaban J connectivity index is -0.0000000750. The number of hydrogen-bond donors (Lipinski definition) is 1. The van der Waals surface area contributed by atoms with Crippen LogP contribution in [0.1, 0.15) is 0 Å². The maximum Gasteiger partial charge on any atom is 3.00 e. The minimum Gasteiger partial charge on any atom is -0.759 e. The Morgan fingerprint density at radius 2 is 1.25 bits per heavy atom. The number of rotatable bonds is 0. The van der Waals surface area contributed by atoms with Crippen LogP contribution in [0.4, 0.5) is 0 Å². The van der Waals surface area contributed by atoms with E-state index in [4.69, 9.17) is 22.4 Å². The third kappa shape index (κ3) is 363. The van der Waals surface area contributed by atoms with E-state index in [0.29, 0.717) is 0 Å². The summed E-state index contributed by atoms with van der Waals surface area (Å²) in [4.78, 5) is 6.92. The third-order valence-electron chi connectivity index (χ3n) is 0. The van der Waals surface area contributed by atoms with Crippen molar-refractivity contribution in [3.05, 3.63) is 0 Å². The topological polar surface area (TPSA) is 100 Å². The Bertz CT molecular complexity index is 95.6. The van der Waals surface area contributed by atoms with E-state index < -0.39 is 10.4 Å². The second kappa shape index (κ2) is 7.79. The zero-order valence-electron chi connectivity index (χ0n) is 3.64. The average molecular weight is 173 g/mol. The Hall–Kier alpha value is 0.792. The van der Waals surface area contributed by atoms with E-state index in [2.05, 4.69) is 0 Å². The van der Waals surface area contributed by atoms with E-state index in [1.54, 1.807) is 0 Å². The summed E-state index contributed by atoms with van der Waals surface area (Å²) >= 11 is 0. The molecule has 0 rings (SSSR count). The van der Waals surface area contributed by atoms with Gasteiger partial charge in [0.1, 0.15) is 0 Å². The molecule has 1 N–H and O–H groups in total. The summed E-state index contributed by atoms with van der Waals surface area (Å²) in [7, 11) is -3.75. The fourth-order valence-corrected chi connectivity index (χ4v) is 0. The second-order valence-corrected chi connectivity index (χ2v) is 1.22. The van der Waals surface area contributed by atoms with Gasteiger partial charge in [-0.1, -0.05) is 0 Å². The van der Waals surface area contributed by atoms with Crippen LogP contribution in [0.2, 0.25) is 0 Å². The van der Waals surface area contributed by atoms with Crippen LogP contribution in [0.15, 0.2) is 0 Å². The van der Waals surface area contributed by atoms with Crippen molar-refractivity contribution in [3.63, 3.8) is 0 Å². The van der Waals surface area contributed by atoms with Gasteiger partial charge in [0.05, 0.1) is 0 Å². The van der Waals surface area contributed by atoms with E-state index in [-0.39, 0.29) is 17.4 Å². The fraction of sp³-hybridized carbons (Fsp3) is 0. The molecule has 0 aromatic heterocycles. The molecule has 0 heterocycles. The Morgan fingerprint density at radius 1 is 1.25 bits per heavy atom. The Morgan fingerprint density at radius 3 is 1.25 bits per heavy atom. The van der Waals surface area contributed by atoms with Crippen LogP contribution in [0, 0.1) is 0 Å². The predicted molar refractivity (Wildman–Crippen MR) is 28.2 cm³/mol. The van der Waals surface area contributed by atoms with Crippen molar-refractivity contribution in [1.29, 1.82) is 0 Å². The largest absolute Gasteiger partial charge is 3.00 e. The minimum absolute atomic E-state index is 0. The molecule has 46 valence electrons. The number of hydrogen-bond acceptors (Lipinski definition) is 5. The van der Waals surface area contributed by atoms with Crippen LogP contribution in [0.3, 0.4) is 0 Å². The minimum atomic E-state index is -5.17. The maximum absolute atomic E-state index is 8.52. The molecule has 0 spiro atoms. The molecule has 0 radical (unpaired) electrons. The van der Waals surface area contributed by atoms with E-state index in [1.165, 1.54) is 9.47 Å². The predicted octanol–water partition coefficient (Wildman–Crippen LogP) is -1.95. The van der Waals surface area contributed by atoms with Crippen LogP contribution >= 0.6 is 9.47 Å². The van der Waals surface area contributed by atoms with Crippen LogP contribution < -0.4 is 0 Å². The first-order valence-corrected chi connectivity index (χ1v) is 2.77. The summed E-state index contributed by atoms with van der Waals surface area (Å²) in [6.45, 7) is 0. The molecule has 1 unspecified atom stereocenters. The average Bonchev–Trinajstić information content (AvgIpc) is 1.36. The standard InChI is InChI=1S/Al.H2O4S.H3OP/c;1-5(2,3)4;1-2/h;(H2,1,2,3,4);1H,2H2/q+3;;/p-2. The Kier molecular flexibility index (Phi) is 15.5. The van der Waals surface area contributed by atoms with Gasteiger partial charge >= 0.3 is 17.4 Å². The van der Waals surface area contributed by atoms with E-state index in [0.717, 1.165) is 0 Å². The molecule has 0 amide bonds. The molecule has 0 saturated heterocycles. The SMILES string of the molecule is O=S(=O)([O-])[O-].OP.[Al+3]. The molecule has 0 aromatic rings. The molecule has 1 atom stereocenters. The van der Waals surface area contributed by atoms with Gasteiger partial charge in [0.25, 0.3) is 0 Å². The van der Waals surface area contributed by atoms with Crippen LogP contribution in [0.5, 0.6) is 0 Å². The van der Waals surface area contributed by atoms with Gasteiger partial charge in [0.15, 0.2) is 0 Å². The summed E-state index contributed by atoms with van der Waals surface area (Å²) in [5.74, 6) is 0.